The van der Waals surface area contributed by atoms with Crippen LogP contribution in [0.1, 0.15) is 17.5 Å². The van der Waals surface area contributed by atoms with Crippen molar-refractivity contribution in [3.63, 3.8) is 0 Å². The highest BCUT2D eigenvalue weighted by Crippen LogP contribution is 2.04. The van der Waals surface area contributed by atoms with Crippen molar-refractivity contribution in [1.29, 1.82) is 0 Å². The van der Waals surface area contributed by atoms with Gasteiger partial charge in [-0.05, 0) is 36.9 Å². The molecule has 0 saturated carbocycles. The lowest BCUT2D eigenvalue weighted by Gasteiger charge is -2.16. The Morgan fingerprint density at radius 1 is 0.850 bits per heavy atom. The maximum atomic E-state index is 9.44. The largest absolute Gasteiger partial charge is 0.395 e. The highest BCUT2D eigenvalue weighted by Gasteiger charge is 2.07. The fourth-order valence-electron chi connectivity index (χ4n) is 2.34. The third kappa shape index (κ3) is 5.16. The molecule has 0 saturated heterocycles. The monoisotopic (exact) mass is 269 g/mol. The molecule has 0 unspecified atom stereocenters. The Labute approximate surface area is 121 Å². The number of aliphatic hydroxyl groups excluding tert-OH is 1. The SMILES string of the molecule is OC[C@H](Cc1ccccc1)NCCCc1ccccc1. The van der Waals surface area contributed by atoms with Crippen LogP contribution in [0.5, 0.6) is 0 Å². The van der Waals surface area contributed by atoms with Gasteiger partial charge in [-0.25, -0.2) is 0 Å². The third-order valence-electron chi connectivity index (χ3n) is 3.46. The quantitative estimate of drug-likeness (QED) is 0.722. The fourth-order valence-corrected chi connectivity index (χ4v) is 2.34. The lowest BCUT2D eigenvalue weighted by atomic mass is 10.1. The van der Waals surface area contributed by atoms with Gasteiger partial charge in [-0.2, -0.15) is 0 Å². The van der Waals surface area contributed by atoms with E-state index in [2.05, 4.69) is 41.7 Å². The molecule has 1 atom stereocenters. The summed E-state index contributed by atoms with van der Waals surface area (Å²) in [6, 6.07) is 21.0. The molecule has 0 aliphatic rings. The summed E-state index contributed by atoms with van der Waals surface area (Å²) in [7, 11) is 0. The van der Waals surface area contributed by atoms with Crippen LogP contribution >= 0.6 is 0 Å². The first-order chi connectivity index (χ1) is 9.88. The van der Waals surface area contributed by atoms with E-state index in [1.54, 1.807) is 0 Å². The van der Waals surface area contributed by atoms with E-state index in [0.717, 1.165) is 25.8 Å². The van der Waals surface area contributed by atoms with Gasteiger partial charge in [-0.15, -0.1) is 0 Å². The van der Waals surface area contributed by atoms with E-state index in [9.17, 15) is 5.11 Å². The van der Waals surface area contributed by atoms with Gasteiger partial charge in [0.2, 0.25) is 0 Å². The molecule has 2 aromatic rings. The van der Waals surface area contributed by atoms with E-state index in [4.69, 9.17) is 0 Å². The smallest absolute Gasteiger partial charge is 0.0587 e. The number of nitrogens with one attached hydrogen (secondary N) is 1. The summed E-state index contributed by atoms with van der Waals surface area (Å²) >= 11 is 0. The highest BCUT2D eigenvalue weighted by atomic mass is 16.3. The zero-order chi connectivity index (χ0) is 14.0. The Balaban J connectivity index is 1.69. The predicted octanol–water partition coefficient (Wildman–Crippen LogP) is 2.81. The lowest BCUT2D eigenvalue weighted by molar-refractivity contribution is 0.241. The maximum absolute atomic E-state index is 9.44. The molecule has 0 aromatic heterocycles. The molecule has 2 aromatic carbocycles. The Bertz CT molecular complexity index is 469. The summed E-state index contributed by atoms with van der Waals surface area (Å²) in [5.74, 6) is 0. The number of hydrogen-bond acceptors (Lipinski definition) is 2. The van der Waals surface area contributed by atoms with Crippen LogP contribution < -0.4 is 5.32 Å². The van der Waals surface area contributed by atoms with Crippen LogP contribution in [0.15, 0.2) is 60.7 Å². The first-order valence-electron chi connectivity index (χ1n) is 7.30. The van der Waals surface area contributed by atoms with Gasteiger partial charge in [0.05, 0.1) is 6.61 Å². The number of aliphatic hydroxyl groups is 1. The molecule has 0 bridgehead atoms. The second-order valence-corrected chi connectivity index (χ2v) is 5.11. The molecule has 0 heterocycles. The lowest BCUT2D eigenvalue weighted by Crippen LogP contribution is -2.35. The van der Waals surface area contributed by atoms with Crippen molar-refractivity contribution in [1.82, 2.24) is 5.32 Å². The molecule has 106 valence electrons. The molecule has 0 radical (unpaired) electrons. The van der Waals surface area contributed by atoms with Gasteiger partial charge < -0.3 is 10.4 Å². The van der Waals surface area contributed by atoms with Gasteiger partial charge in [-0.1, -0.05) is 60.7 Å². The molecular weight excluding hydrogens is 246 g/mol. The molecule has 0 spiro atoms. The van der Waals surface area contributed by atoms with E-state index in [-0.39, 0.29) is 12.6 Å². The van der Waals surface area contributed by atoms with Gasteiger partial charge in [0.1, 0.15) is 0 Å². The fraction of sp³-hybridized carbons (Fsp3) is 0.333. The summed E-state index contributed by atoms with van der Waals surface area (Å²) in [4.78, 5) is 0. The second-order valence-electron chi connectivity index (χ2n) is 5.11. The molecule has 0 amide bonds. The molecule has 0 aliphatic carbocycles. The van der Waals surface area contributed by atoms with Gasteiger partial charge >= 0.3 is 0 Å². The summed E-state index contributed by atoms with van der Waals surface area (Å²) in [5, 5.41) is 12.9. The molecule has 2 N–H and O–H groups in total. The third-order valence-corrected chi connectivity index (χ3v) is 3.46. The molecule has 2 heteroatoms. The summed E-state index contributed by atoms with van der Waals surface area (Å²) in [5.41, 5.74) is 2.64. The van der Waals surface area contributed by atoms with Crippen LogP contribution in [0.3, 0.4) is 0 Å². The van der Waals surface area contributed by atoms with Gasteiger partial charge in [0, 0.05) is 6.04 Å². The van der Waals surface area contributed by atoms with Crippen LogP contribution in [0.4, 0.5) is 0 Å². The first-order valence-corrected chi connectivity index (χ1v) is 7.30. The summed E-state index contributed by atoms with van der Waals surface area (Å²) in [6.45, 7) is 1.12. The van der Waals surface area contributed by atoms with Crippen molar-refractivity contribution >= 4 is 0 Å². The van der Waals surface area contributed by atoms with Crippen LogP contribution in [0.2, 0.25) is 0 Å². The Morgan fingerprint density at radius 2 is 1.45 bits per heavy atom. The zero-order valence-electron chi connectivity index (χ0n) is 11.8. The van der Waals surface area contributed by atoms with Crippen LogP contribution in [-0.4, -0.2) is 24.3 Å². The average molecular weight is 269 g/mol. The Morgan fingerprint density at radius 3 is 2.05 bits per heavy atom. The van der Waals surface area contributed by atoms with Crippen LogP contribution in [0.25, 0.3) is 0 Å². The van der Waals surface area contributed by atoms with Crippen molar-refractivity contribution in [2.24, 2.45) is 0 Å². The molecule has 20 heavy (non-hydrogen) atoms. The van der Waals surface area contributed by atoms with Gasteiger partial charge in [-0.3, -0.25) is 0 Å². The summed E-state index contributed by atoms with van der Waals surface area (Å²) < 4.78 is 0. The van der Waals surface area contributed by atoms with Gasteiger partial charge in [0.15, 0.2) is 0 Å². The Kier molecular flexibility index (Phi) is 6.28. The molecular formula is C18H23NO. The minimum atomic E-state index is 0.146. The van der Waals surface area contributed by atoms with Crippen molar-refractivity contribution in [3.8, 4) is 0 Å². The van der Waals surface area contributed by atoms with Crippen molar-refractivity contribution in [2.75, 3.05) is 13.2 Å². The normalized spacial score (nSPS) is 12.2. The topological polar surface area (TPSA) is 32.3 Å². The highest BCUT2D eigenvalue weighted by molar-refractivity contribution is 5.16. The predicted molar refractivity (Wildman–Crippen MR) is 83.8 cm³/mol. The number of rotatable bonds is 8. The van der Waals surface area contributed by atoms with E-state index >= 15 is 0 Å². The number of aryl methyl sites for hydroxylation is 1. The Hall–Kier alpha value is -1.64. The van der Waals surface area contributed by atoms with Gasteiger partial charge in [0.25, 0.3) is 0 Å². The minimum absolute atomic E-state index is 0.146. The average Bonchev–Trinajstić information content (AvgIpc) is 2.52. The van der Waals surface area contributed by atoms with Crippen molar-refractivity contribution in [3.05, 3.63) is 71.8 Å². The van der Waals surface area contributed by atoms with Crippen LogP contribution in [-0.2, 0) is 12.8 Å². The van der Waals surface area contributed by atoms with Crippen molar-refractivity contribution < 1.29 is 5.11 Å². The standard InChI is InChI=1S/C18H23NO/c20-15-18(14-17-10-5-2-6-11-17)19-13-7-12-16-8-3-1-4-9-16/h1-6,8-11,18-20H,7,12-15H2/t18-/m0/s1. The zero-order valence-corrected chi connectivity index (χ0v) is 11.8. The van der Waals surface area contributed by atoms with Crippen LogP contribution in [0, 0.1) is 0 Å². The molecule has 2 nitrogen and oxygen atoms in total. The number of benzene rings is 2. The first kappa shape index (κ1) is 14.8. The second kappa shape index (κ2) is 8.51. The van der Waals surface area contributed by atoms with E-state index < -0.39 is 0 Å². The van der Waals surface area contributed by atoms with E-state index in [0.29, 0.717) is 0 Å². The summed E-state index contributed by atoms with van der Waals surface area (Å²) in [6.07, 6.45) is 3.05. The molecule has 2 rings (SSSR count). The number of hydrogen-bond donors (Lipinski definition) is 2. The van der Waals surface area contributed by atoms with E-state index in [1.165, 1.54) is 11.1 Å². The molecule has 0 fully saturated rings. The van der Waals surface area contributed by atoms with Crippen molar-refractivity contribution in [2.45, 2.75) is 25.3 Å². The maximum Gasteiger partial charge on any atom is 0.0587 e. The molecule has 0 aliphatic heterocycles. The van der Waals surface area contributed by atoms with E-state index in [1.807, 2.05) is 24.3 Å². The minimum Gasteiger partial charge on any atom is -0.395 e.